The van der Waals surface area contributed by atoms with Crippen LogP contribution < -0.4 is 0 Å². The zero-order valence-corrected chi connectivity index (χ0v) is 5.85. The molecule has 0 unspecified atom stereocenters. The molecule has 9 heavy (non-hydrogen) atoms. The van der Waals surface area contributed by atoms with Gasteiger partial charge < -0.3 is 4.84 Å². The van der Waals surface area contributed by atoms with Crippen molar-refractivity contribution in [3.63, 3.8) is 0 Å². The molecule has 0 aromatic carbocycles. The Bertz CT molecular complexity index is 130. The first-order chi connectivity index (χ1) is 4.41. The summed E-state index contributed by atoms with van der Waals surface area (Å²) < 4.78 is 0. The van der Waals surface area contributed by atoms with Crippen LogP contribution in [-0.4, -0.2) is 13.3 Å². The Hall–Kier alpha value is -0.970. The number of hydrogen-bond acceptors (Lipinski definition) is 2. The smallest absolute Gasteiger partial charge is 0.106 e. The molecule has 0 radical (unpaired) electrons. The van der Waals surface area contributed by atoms with Gasteiger partial charge in [-0.2, -0.15) is 0 Å². The third kappa shape index (κ3) is 7.03. The van der Waals surface area contributed by atoms with E-state index in [4.69, 9.17) is 0 Å². The minimum Gasteiger partial charge on any atom is -0.399 e. The summed E-state index contributed by atoms with van der Waals surface area (Å²) >= 11 is 0. The van der Waals surface area contributed by atoms with E-state index in [1.165, 1.54) is 7.11 Å². The van der Waals surface area contributed by atoms with E-state index < -0.39 is 0 Å². The summed E-state index contributed by atoms with van der Waals surface area (Å²) in [6, 6.07) is 0. The number of nitrogens with zero attached hydrogens (tertiary/aromatic N) is 1. The molecule has 0 aliphatic carbocycles. The zero-order valence-electron chi connectivity index (χ0n) is 5.85. The Morgan fingerprint density at radius 2 is 2.33 bits per heavy atom. The maximum Gasteiger partial charge on any atom is 0.106 e. The van der Waals surface area contributed by atoms with E-state index in [2.05, 4.69) is 21.8 Å². The SMILES string of the molecule is CCC#CCC=NOC. The Morgan fingerprint density at radius 1 is 1.56 bits per heavy atom. The molecule has 0 atom stereocenters. The van der Waals surface area contributed by atoms with Crippen molar-refractivity contribution in [3.05, 3.63) is 0 Å². The standard InChI is InChI=1S/C7H11NO/c1-3-4-5-6-7-8-9-2/h7H,3,6H2,1-2H3. The van der Waals surface area contributed by atoms with Crippen molar-refractivity contribution in [1.82, 2.24) is 0 Å². The van der Waals surface area contributed by atoms with E-state index in [-0.39, 0.29) is 0 Å². The Balaban J connectivity index is 3.18. The largest absolute Gasteiger partial charge is 0.399 e. The Kier molecular flexibility index (Phi) is 6.27. The molecule has 0 N–H and O–H groups in total. The minimum atomic E-state index is 0.682. The molecule has 0 fully saturated rings. The van der Waals surface area contributed by atoms with Crippen molar-refractivity contribution in [2.24, 2.45) is 5.16 Å². The molecular formula is C7H11NO. The van der Waals surface area contributed by atoms with Gasteiger partial charge in [0.2, 0.25) is 0 Å². The van der Waals surface area contributed by atoms with Crippen molar-refractivity contribution in [1.29, 1.82) is 0 Å². The summed E-state index contributed by atoms with van der Waals surface area (Å²) in [6.07, 6.45) is 3.23. The highest BCUT2D eigenvalue weighted by Gasteiger charge is 1.67. The molecule has 0 saturated heterocycles. The highest BCUT2D eigenvalue weighted by molar-refractivity contribution is 5.60. The van der Waals surface area contributed by atoms with Crippen LogP contribution >= 0.6 is 0 Å². The highest BCUT2D eigenvalue weighted by Crippen LogP contribution is 1.73. The van der Waals surface area contributed by atoms with Gasteiger partial charge in [0.05, 0.1) is 6.21 Å². The number of rotatable bonds is 2. The quantitative estimate of drug-likeness (QED) is 0.311. The Labute approximate surface area is 55.9 Å². The van der Waals surface area contributed by atoms with Crippen LogP contribution in [0.5, 0.6) is 0 Å². The van der Waals surface area contributed by atoms with E-state index in [0.717, 1.165) is 6.42 Å². The van der Waals surface area contributed by atoms with Crippen molar-refractivity contribution in [2.75, 3.05) is 7.11 Å². The fourth-order valence-electron chi connectivity index (χ4n) is 0.355. The summed E-state index contributed by atoms with van der Waals surface area (Å²) in [7, 11) is 1.52. The second-order valence-electron chi connectivity index (χ2n) is 1.38. The van der Waals surface area contributed by atoms with Crippen LogP contribution in [0.2, 0.25) is 0 Å². The van der Waals surface area contributed by atoms with Gasteiger partial charge in [0, 0.05) is 12.8 Å². The third-order valence-corrected chi connectivity index (χ3v) is 0.675. The minimum absolute atomic E-state index is 0.682. The van der Waals surface area contributed by atoms with Gasteiger partial charge in [0.1, 0.15) is 7.11 Å². The van der Waals surface area contributed by atoms with E-state index in [1.54, 1.807) is 6.21 Å². The second-order valence-corrected chi connectivity index (χ2v) is 1.38. The second kappa shape index (κ2) is 7.03. The predicted octanol–water partition coefficient (Wildman–Crippen LogP) is 1.42. The summed E-state index contributed by atoms with van der Waals surface area (Å²) in [4.78, 5) is 4.42. The van der Waals surface area contributed by atoms with Crippen LogP contribution in [-0.2, 0) is 4.84 Å². The summed E-state index contributed by atoms with van der Waals surface area (Å²) in [5, 5.41) is 3.52. The summed E-state index contributed by atoms with van der Waals surface area (Å²) in [5.74, 6) is 5.80. The van der Waals surface area contributed by atoms with Gasteiger partial charge in [-0.3, -0.25) is 0 Å². The van der Waals surface area contributed by atoms with Crippen LogP contribution in [0, 0.1) is 11.8 Å². The fraction of sp³-hybridized carbons (Fsp3) is 0.571. The van der Waals surface area contributed by atoms with Crippen molar-refractivity contribution in [2.45, 2.75) is 19.8 Å². The molecule has 2 heteroatoms. The van der Waals surface area contributed by atoms with Crippen molar-refractivity contribution >= 4 is 6.21 Å². The van der Waals surface area contributed by atoms with E-state index >= 15 is 0 Å². The predicted molar refractivity (Wildman–Crippen MR) is 38.2 cm³/mol. The third-order valence-electron chi connectivity index (χ3n) is 0.675. The van der Waals surface area contributed by atoms with E-state index in [0.29, 0.717) is 6.42 Å². The van der Waals surface area contributed by atoms with Crippen LogP contribution in [0.1, 0.15) is 19.8 Å². The van der Waals surface area contributed by atoms with Crippen molar-refractivity contribution < 1.29 is 4.84 Å². The molecule has 0 bridgehead atoms. The molecule has 0 aliphatic heterocycles. The van der Waals surface area contributed by atoms with Gasteiger partial charge in [-0.15, -0.1) is 5.92 Å². The maximum atomic E-state index is 4.42. The van der Waals surface area contributed by atoms with E-state index in [1.807, 2.05) is 6.92 Å². The molecule has 0 aromatic heterocycles. The van der Waals surface area contributed by atoms with Crippen LogP contribution in [0.25, 0.3) is 0 Å². The lowest BCUT2D eigenvalue weighted by Crippen LogP contribution is -1.72. The van der Waals surface area contributed by atoms with E-state index in [9.17, 15) is 0 Å². The number of oxime groups is 1. The lowest BCUT2D eigenvalue weighted by Gasteiger charge is -1.79. The molecular weight excluding hydrogens is 114 g/mol. The summed E-state index contributed by atoms with van der Waals surface area (Å²) in [6.45, 7) is 2.01. The molecule has 2 nitrogen and oxygen atoms in total. The lowest BCUT2D eigenvalue weighted by atomic mass is 10.4. The molecule has 50 valence electrons. The molecule has 0 saturated carbocycles. The maximum absolute atomic E-state index is 4.42. The normalized spacial score (nSPS) is 8.67. The average Bonchev–Trinajstić information content (AvgIpc) is 1.89. The topological polar surface area (TPSA) is 21.6 Å². The van der Waals surface area contributed by atoms with Gasteiger partial charge in [0.15, 0.2) is 0 Å². The van der Waals surface area contributed by atoms with Crippen LogP contribution in [0.3, 0.4) is 0 Å². The van der Waals surface area contributed by atoms with Gasteiger partial charge in [-0.05, 0) is 0 Å². The first-order valence-electron chi connectivity index (χ1n) is 2.92. The zero-order chi connectivity index (χ0) is 6.95. The van der Waals surface area contributed by atoms with Gasteiger partial charge in [-0.25, -0.2) is 0 Å². The number of hydrogen-bond donors (Lipinski definition) is 0. The monoisotopic (exact) mass is 125 g/mol. The summed E-state index contributed by atoms with van der Waals surface area (Å²) in [5.41, 5.74) is 0. The molecule has 0 amide bonds. The Morgan fingerprint density at radius 3 is 2.89 bits per heavy atom. The molecule has 0 aliphatic rings. The van der Waals surface area contributed by atoms with Crippen LogP contribution in [0.4, 0.5) is 0 Å². The first-order valence-corrected chi connectivity index (χ1v) is 2.92. The lowest BCUT2D eigenvalue weighted by molar-refractivity contribution is 0.215. The molecule has 0 aromatic rings. The first kappa shape index (κ1) is 8.03. The van der Waals surface area contributed by atoms with Gasteiger partial charge in [-0.1, -0.05) is 18.0 Å². The van der Waals surface area contributed by atoms with Crippen LogP contribution in [0.15, 0.2) is 5.16 Å². The molecule has 0 spiro atoms. The van der Waals surface area contributed by atoms with Crippen molar-refractivity contribution in [3.8, 4) is 11.8 Å². The fourth-order valence-corrected chi connectivity index (χ4v) is 0.355. The average molecular weight is 125 g/mol. The highest BCUT2D eigenvalue weighted by atomic mass is 16.6. The molecule has 0 heterocycles. The van der Waals surface area contributed by atoms with Gasteiger partial charge >= 0.3 is 0 Å². The van der Waals surface area contributed by atoms with Gasteiger partial charge in [0.25, 0.3) is 0 Å². The molecule has 0 rings (SSSR count).